The standard InChI is InChI=1S/C26H28N6O2/c1-3-4-14-31-22-23(28-25(31)30-13-7-10-21(27)17-30)29(2)26(34)32(24(22)33)16-18-11-12-19-8-5-6-9-20(19)15-18/h5-6,8-9,11-12,15,21H,7,10,13-14,16-17,27H2,1-2H3. The van der Waals surface area contributed by atoms with Gasteiger partial charge in [0.25, 0.3) is 5.56 Å². The summed E-state index contributed by atoms with van der Waals surface area (Å²) >= 11 is 0. The van der Waals surface area contributed by atoms with Gasteiger partial charge in [-0.15, -0.1) is 5.92 Å². The number of piperidine rings is 1. The van der Waals surface area contributed by atoms with Crippen LogP contribution in [0.3, 0.4) is 0 Å². The molecule has 34 heavy (non-hydrogen) atoms. The van der Waals surface area contributed by atoms with Gasteiger partial charge in [-0.05, 0) is 42.2 Å². The monoisotopic (exact) mass is 456 g/mol. The normalized spacial score (nSPS) is 16.1. The molecule has 0 amide bonds. The predicted molar refractivity (Wildman–Crippen MR) is 135 cm³/mol. The van der Waals surface area contributed by atoms with Crippen LogP contribution in [0.25, 0.3) is 21.9 Å². The highest BCUT2D eigenvalue weighted by molar-refractivity contribution is 5.83. The van der Waals surface area contributed by atoms with Crippen molar-refractivity contribution in [3.05, 3.63) is 68.9 Å². The van der Waals surface area contributed by atoms with E-state index in [2.05, 4.69) is 16.7 Å². The highest BCUT2D eigenvalue weighted by Gasteiger charge is 2.26. The van der Waals surface area contributed by atoms with Crippen molar-refractivity contribution >= 4 is 27.9 Å². The molecular formula is C26H28N6O2. The Bertz CT molecular complexity index is 1570. The van der Waals surface area contributed by atoms with E-state index in [-0.39, 0.29) is 18.1 Å². The fourth-order valence-electron chi connectivity index (χ4n) is 4.76. The lowest BCUT2D eigenvalue weighted by molar-refractivity contribution is 0.496. The van der Waals surface area contributed by atoms with E-state index >= 15 is 0 Å². The van der Waals surface area contributed by atoms with Gasteiger partial charge in [0.15, 0.2) is 11.2 Å². The second-order valence-electron chi connectivity index (χ2n) is 8.86. The van der Waals surface area contributed by atoms with Crippen molar-refractivity contribution in [1.29, 1.82) is 0 Å². The predicted octanol–water partition coefficient (Wildman–Crippen LogP) is 2.05. The maximum atomic E-state index is 13.7. The molecule has 2 aromatic heterocycles. The van der Waals surface area contributed by atoms with Crippen molar-refractivity contribution in [1.82, 2.24) is 18.7 Å². The average molecular weight is 457 g/mol. The van der Waals surface area contributed by atoms with Crippen LogP contribution < -0.4 is 21.9 Å². The van der Waals surface area contributed by atoms with Gasteiger partial charge >= 0.3 is 5.69 Å². The summed E-state index contributed by atoms with van der Waals surface area (Å²) in [6.07, 6.45) is 1.91. The minimum atomic E-state index is -0.390. The van der Waals surface area contributed by atoms with Gasteiger partial charge in [-0.25, -0.2) is 4.79 Å². The van der Waals surface area contributed by atoms with E-state index in [4.69, 9.17) is 10.7 Å². The molecular weight excluding hydrogens is 428 g/mol. The molecule has 0 radical (unpaired) electrons. The first-order chi connectivity index (χ1) is 16.5. The largest absolute Gasteiger partial charge is 0.341 e. The summed E-state index contributed by atoms with van der Waals surface area (Å²) in [6.45, 7) is 3.72. The molecule has 8 heteroatoms. The molecule has 2 N–H and O–H groups in total. The summed E-state index contributed by atoms with van der Waals surface area (Å²) in [5, 5.41) is 2.18. The van der Waals surface area contributed by atoms with Gasteiger partial charge in [-0.1, -0.05) is 42.3 Å². The van der Waals surface area contributed by atoms with E-state index < -0.39 is 5.69 Å². The Balaban J connectivity index is 1.68. The van der Waals surface area contributed by atoms with Crippen LogP contribution in [0.5, 0.6) is 0 Å². The zero-order chi connectivity index (χ0) is 23.8. The van der Waals surface area contributed by atoms with Crippen molar-refractivity contribution < 1.29 is 0 Å². The summed E-state index contributed by atoms with van der Waals surface area (Å²) in [7, 11) is 1.66. The minimum Gasteiger partial charge on any atom is -0.341 e. The molecule has 5 rings (SSSR count). The number of anilines is 1. The maximum Gasteiger partial charge on any atom is 0.332 e. The number of hydrogen-bond donors (Lipinski definition) is 1. The molecule has 2 aromatic carbocycles. The topological polar surface area (TPSA) is 91.1 Å². The second-order valence-corrected chi connectivity index (χ2v) is 8.86. The van der Waals surface area contributed by atoms with Crippen LogP contribution in [0.4, 0.5) is 5.95 Å². The summed E-state index contributed by atoms with van der Waals surface area (Å²) in [4.78, 5) is 33.8. The van der Waals surface area contributed by atoms with Crippen molar-refractivity contribution in [2.24, 2.45) is 12.8 Å². The third-order valence-electron chi connectivity index (χ3n) is 6.52. The molecule has 1 unspecified atom stereocenters. The molecule has 1 atom stereocenters. The molecule has 1 aliphatic rings. The summed E-state index contributed by atoms with van der Waals surface area (Å²) in [5.74, 6) is 6.61. The Morgan fingerprint density at radius 3 is 2.68 bits per heavy atom. The van der Waals surface area contributed by atoms with Gasteiger partial charge in [0.1, 0.15) is 0 Å². The van der Waals surface area contributed by atoms with Crippen molar-refractivity contribution in [2.75, 3.05) is 18.0 Å². The zero-order valence-corrected chi connectivity index (χ0v) is 19.5. The quantitative estimate of drug-likeness (QED) is 0.475. The molecule has 0 bridgehead atoms. The Hall–Kier alpha value is -3.83. The van der Waals surface area contributed by atoms with Crippen molar-refractivity contribution in [3.8, 4) is 11.8 Å². The Morgan fingerprint density at radius 1 is 1.12 bits per heavy atom. The van der Waals surface area contributed by atoms with Gasteiger partial charge in [0.2, 0.25) is 5.95 Å². The van der Waals surface area contributed by atoms with Crippen LogP contribution in [0.2, 0.25) is 0 Å². The van der Waals surface area contributed by atoms with Gasteiger partial charge in [0.05, 0.1) is 13.1 Å². The van der Waals surface area contributed by atoms with Gasteiger partial charge in [0, 0.05) is 26.2 Å². The number of nitrogens with zero attached hydrogens (tertiary/aromatic N) is 5. The van der Waals surface area contributed by atoms with E-state index in [0.717, 1.165) is 35.7 Å². The van der Waals surface area contributed by atoms with Crippen LogP contribution in [-0.4, -0.2) is 37.8 Å². The second kappa shape index (κ2) is 8.84. The highest BCUT2D eigenvalue weighted by Crippen LogP contribution is 2.23. The minimum absolute atomic E-state index is 0.0488. The number of rotatable bonds is 4. The molecule has 0 saturated carbocycles. The molecule has 1 fully saturated rings. The molecule has 8 nitrogen and oxygen atoms in total. The molecule has 3 heterocycles. The Labute approximate surface area is 197 Å². The number of aromatic nitrogens is 4. The summed E-state index contributed by atoms with van der Waals surface area (Å²) in [6, 6.07) is 14.1. The Kier molecular flexibility index (Phi) is 5.72. The van der Waals surface area contributed by atoms with Crippen LogP contribution >= 0.6 is 0 Å². The zero-order valence-electron chi connectivity index (χ0n) is 19.5. The third kappa shape index (κ3) is 3.78. The van der Waals surface area contributed by atoms with Gasteiger partial charge < -0.3 is 10.6 Å². The number of imidazole rings is 1. The van der Waals surface area contributed by atoms with Crippen LogP contribution in [0.1, 0.15) is 25.3 Å². The molecule has 0 spiro atoms. The average Bonchev–Trinajstić information content (AvgIpc) is 3.23. The highest BCUT2D eigenvalue weighted by atomic mass is 16.2. The molecule has 1 aliphatic heterocycles. The van der Waals surface area contributed by atoms with Gasteiger partial charge in [-0.2, -0.15) is 4.98 Å². The molecule has 1 saturated heterocycles. The maximum absolute atomic E-state index is 13.7. The number of nitrogens with two attached hydrogens (primary N) is 1. The van der Waals surface area contributed by atoms with E-state index in [1.54, 1.807) is 14.0 Å². The lowest BCUT2D eigenvalue weighted by Gasteiger charge is -2.31. The molecule has 0 aliphatic carbocycles. The summed E-state index contributed by atoms with van der Waals surface area (Å²) in [5.41, 5.74) is 7.11. The first kappa shape index (κ1) is 22.0. The first-order valence-electron chi connectivity index (χ1n) is 11.6. The van der Waals surface area contributed by atoms with Crippen molar-refractivity contribution in [3.63, 3.8) is 0 Å². The third-order valence-corrected chi connectivity index (χ3v) is 6.52. The number of hydrogen-bond acceptors (Lipinski definition) is 5. The van der Waals surface area contributed by atoms with E-state index in [1.807, 2.05) is 47.0 Å². The van der Waals surface area contributed by atoms with E-state index in [0.29, 0.717) is 30.2 Å². The SMILES string of the molecule is CC#CCn1c(N2CCCC(N)C2)nc2c1c(=O)n(Cc1ccc3ccccc3c1)c(=O)n2C. The fourth-order valence-corrected chi connectivity index (χ4v) is 4.76. The van der Waals surface area contributed by atoms with E-state index in [1.165, 1.54) is 9.13 Å². The lowest BCUT2D eigenvalue weighted by atomic mass is 10.1. The number of benzene rings is 2. The van der Waals surface area contributed by atoms with E-state index in [9.17, 15) is 9.59 Å². The van der Waals surface area contributed by atoms with Crippen molar-refractivity contribution in [2.45, 2.75) is 38.9 Å². The van der Waals surface area contributed by atoms with Crippen LogP contribution in [0.15, 0.2) is 52.1 Å². The Morgan fingerprint density at radius 2 is 1.91 bits per heavy atom. The molecule has 174 valence electrons. The lowest BCUT2D eigenvalue weighted by Crippen LogP contribution is -2.44. The van der Waals surface area contributed by atoms with Crippen LogP contribution in [0, 0.1) is 11.8 Å². The summed E-state index contributed by atoms with van der Waals surface area (Å²) < 4.78 is 4.58. The smallest absolute Gasteiger partial charge is 0.332 e. The van der Waals surface area contributed by atoms with Crippen LogP contribution in [-0.2, 0) is 20.1 Å². The first-order valence-corrected chi connectivity index (χ1v) is 11.6. The molecule has 4 aromatic rings. The van der Waals surface area contributed by atoms with Gasteiger partial charge in [-0.3, -0.25) is 18.5 Å². The number of fused-ring (bicyclic) bond motifs is 2. The number of aryl methyl sites for hydroxylation is 1. The fraction of sp³-hybridized carbons (Fsp3) is 0.346.